The van der Waals surface area contributed by atoms with Crippen molar-refractivity contribution in [2.75, 3.05) is 19.1 Å². The fraction of sp³-hybridized carbons (Fsp3) is 0.158. The molecule has 7 heteroatoms. The molecule has 3 aliphatic rings. The molecule has 5 aromatic rings. The van der Waals surface area contributed by atoms with E-state index in [0.29, 0.717) is 39.3 Å². The lowest BCUT2D eigenvalue weighted by Gasteiger charge is -2.37. The third-order valence-electron chi connectivity index (χ3n) is 9.63. The molecule has 7 nitrogen and oxygen atoms in total. The molecule has 0 radical (unpaired) electrons. The molecule has 220 valence electrons. The number of hydrogen-bond acceptors (Lipinski definition) is 7. The van der Waals surface area contributed by atoms with Crippen LogP contribution in [0.2, 0.25) is 0 Å². The molecule has 1 saturated heterocycles. The van der Waals surface area contributed by atoms with E-state index in [4.69, 9.17) is 14.5 Å². The molecule has 1 aliphatic carbocycles. The number of methoxy groups -OCH3 is 2. The Labute approximate surface area is 259 Å². The predicted octanol–water partition coefficient (Wildman–Crippen LogP) is 6.57. The summed E-state index contributed by atoms with van der Waals surface area (Å²) in [5.41, 5.74) is 2.34. The number of ether oxygens (including phenoxy) is 2. The zero-order valence-corrected chi connectivity index (χ0v) is 24.6. The SMILES string of the molecule is COc1cccc([C@H]2[C@@H](C(=O)c3ccccc3)N3c4c(ccc5cccnc45)C=C[C@@H]3C23C(=O)c2ccccc2C3=O)c1OC. The first-order chi connectivity index (χ1) is 22.0. The zero-order chi connectivity index (χ0) is 30.9. The number of anilines is 1. The number of ketones is 3. The van der Waals surface area contributed by atoms with Crippen LogP contribution >= 0.6 is 0 Å². The van der Waals surface area contributed by atoms with Crippen molar-refractivity contribution in [3.63, 3.8) is 0 Å². The van der Waals surface area contributed by atoms with Gasteiger partial charge in [0.15, 0.2) is 28.8 Å². The molecule has 1 spiro atoms. The molecule has 4 aromatic carbocycles. The molecule has 3 heterocycles. The molecule has 8 rings (SSSR count). The van der Waals surface area contributed by atoms with Crippen molar-refractivity contribution in [3.8, 4) is 11.5 Å². The minimum Gasteiger partial charge on any atom is -0.493 e. The number of carbonyl (C=O) groups is 3. The molecular weight excluding hydrogens is 564 g/mol. The molecule has 2 aliphatic heterocycles. The highest BCUT2D eigenvalue weighted by atomic mass is 16.5. The van der Waals surface area contributed by atoms with Gasteiger partial charge < -0.3 is 14.4 Å². The normalized spacial score (nSPS) is 20.7. The van der Waals surface area contributed by atoms with Gasteiger partial charge in [-0.15, -0.1) is 0 Å². The van der Waals surface area contributed by atoms with Crippen molar-refractivity contribution in [2.24, 2.45) is 5.41 Å². The van der Waals surface area contributed by atoms with Gasteiger partial charge in [-0.25, -0.2) is 0 Å². The van der Waals surface area contributed by atoms with Crippen molar-refractivity contribution in [1.82, 2.24) is 4.98 Å². The molecule has 3 atom stereocenters. The summed E-state index contributed by atoms with van der Waals surface area (Å²) in [6, 6.07) is 27.5. The van der Waals surface area contributed by atoms with Gasteiger partial charge in [0.2, 0.25) is 0 Å². The molecule has 1 aromatic heterocycles. The number of fused-ring (bicyclic) bond motifs is 7. The smallest absolute Gasteiger partial charge is 0.185 e. The second-order valence-corrected chi connectivity index (χ2v) is 11.6. The van der Waals surface area contributed by atoms with Crippen LogP contribution in [0.25, 0.3) is 17.0 Å². The maximum absolute atomic E-state index is 15.0. The van der Waals surface area contributed by atoms with Crippen LogP contribution in [0.5, 0.6) is 11.5 Å². The number of pyridine rings is 1. The van der Waals surface area contributed by atoms with Gasteiger partial charge in [-0.2, -0.15) is 0 Å². The van der Waals surface area contributed by atoms with Crippen LogP contribution < -0.4 is 14.4 Å². The average molecular weight is 593 g/mol. The summed E-state index contributed by atoms with van der Waals surface area (Å²) in [5.74, 6) is -0.943. The summed E-state index contributed by atoms with van der Waals surface area (Å²) >= 11 is 0. The standard InChI is InChI=1S/C38H28N2O5/c1-44-28-16-8-15-27(35(28)45-2)30-33(34(41)24-10-4-3-5-11-24)40-29(38(30)36(42)25-13-6-7-14-26(25)37(38)43)20-19-23-18-17-22-12-9-21-39-31(22)32(23)40/h3-21,29-30,33H,1-2H3/t29-,30+,33+/m1/s1. The summed E-state index contributed by atoms with van der Waals surface area (Å²) in [6.45, 7) is 0. The number of nitrogens with zero attached hydrogens (tertiary/aromatic N) is 2. The maximum atomic E-state index is 15.0. The first-order valence-corrected chi connectivity index (χ1v) is 14.9. The van der Waals surface area contributed by atoms with E-state index in [-0.39, 0.29) is 17.3 Å². The van der Waals surface area contributed by atoms with Crippen LogP contribution in [0.1, 0.15) is 48.1 Å². The quantitative estimate of drug-likeness (QED) is 0.169. The average Bonchev–Trinajstić information content (AvgIpc) is 3.53. The highest BCUT2D eigenvalue weighted by molar-refractivity contribution is 6.32. The van der Waals surface area contributed by atoms with E-state index in [1.54, 1.807) is 55.8 Å². The fourth-order valence-electron chi connectivity index (χ4n) is 7.86. The van der Waals surface area contributed by atoms with Crippen molar-refractivity contribution < 1.29 is 23.9 Å². The Morgan fingerprint density at radius 1 is 0.800 bits per heavy atom. The van der Waals surface area contributed by atoms with Crippen LogP contribution in [0, 0.1) is 5.41 Å². The van der Waals surface area contributed by atoms with Crippen molar-refractivity contribution in [1.29, 1.82) is 0 Å². The van der Waals surface area contributed by atoms with Crippen LogP contribution in [0.15, 0.2) is 109 Å². The molecule has 0 N–H and O–H groups in total. The lowest BCUT2D eigenvalue weighted by atomic mass is 9.64. The van der Waals surface area contributed by atoms with Crippen molar-refractivity contribution >= 4 is 40.0 Å². The van der Waals surface area contributed by atoms with Crippen LogP contribution in [0.4, 0.5) is 5.69 Å². The summed E-state index contributed by atoms with van der Waals surface area (Å²) in [5, 5.41) is 0.889. The Morgan fingerprint density at radius 2 is 1.53 bits per heavy atom. The Kier molecular flexibility index (Phi) is 6.00. The van der Waals surface area contributed by atoms with Gasteiger partial charge in [-0.05, 0) is 17.7 Å². The van der Waals surface area contributed by atoms with Gasteiger partial charge in [-0.1, -0.05) is 97.1 Å². The maximum Gasteiger partial charge on any atom is 0.185 e. The minimum absolute atomic E-state index is 0.210. The second-order valence-electron chi connectivity index (χ2n) is 11.6. The molecule has 1 fully saturated rings. The fourth-order valence-corrected chi connectivity index (χ4v) is 7.86. The molecule has 0 amide bonds. The van der Waals surface area contributed by atoms with E-state index < -0.39 is 23.4 Å². The Hall–Kier alpha value is -5.56. The lowest BCUT2D eigenvalue weighted by Crippen LogP contribution is -2.48. The minimum atomic E-state index is -1.68. The van der Waals surface area contributed by atoms with Gasteiger partial charge in [-0.3, -0.25) is 19.4 Å². The largest absolute Gasteiger partial charge is 0.493 e. The molecule has 0 bridgehead atoms. The van der Waals surface area contributed by atoms with E-state index in [1.165, 1.54) is 7.11 Å². The topological polar surface area (TPSA) is 85.8 Å². The van der Waals surface area contributed by atoms with Gasteiger partial charge in [0, 0.05) is 39.8 Å². The lowest BCUT2D eigenvalue weighted by molar-refractivity contribution is 0.0664. The van der Waals surface area contributed by atoms with Crippen LogP contribution in [0.3, 0.4) is 0 Å². The first-order valence-electron chi connectivity index (χ1n) is 14.9. The Morgan fingerprint density at radius 3 is 2.24 bits per heavy atom. The monoisotopic (exact) mass is 592 g/mol. The summed E-state index contributed by atoms with van der Waals surface area (Å²) < 4.78 is 11.6. The third kappa shape index (κ3) is 3.52. The number of Topliss-reactive ketones (excluding diaryl/α,β-unsaturated/α-hetero) is 3. The Balaban J connectivity index is 1.51. The number of benzene rings is 4. The van der Waals surface area contributed by atoms with Crippen molar-refractivity contribution in [2.45, 2.75) is 18.0 Å². The molecule has 0 unspecified atom stereocenters. The van der Waals surface area contributed by atoms with E-state index in [2.05, 4.69) is 0 Å². The highest BCUT2D eigenvalue weighted by Gasteiger charge is 2.72. The highest BCUT2D eigenvalue weighted by Crippen LogP contribution is 2.63. The van der Waals surface area contributed by atoms with Gasteiger partial charge in [0.1, 0.15) is 11.5 Å². The van der Waals surface area contributed by atoms with Gasteiger partial charge in [0.25, 0.3) is 0 Å². The van der Waals surface area contributed by atoms with Crippen molar-refractivity contribution in [3.05, 3.63) is 137 Å². The van der Waals surface area contributed by atoms with Crippen LogP contribution in [-0.2, 0) is 0 Å². The Bertz CT molecular complexity index is 2050. The third-order valence-corrected chi connectivity index (χ3v) is 9.63. The summed E-state index contributed by atoms with van der Waals surface area (Å²) in [6.07, 6.45) is 5.59. The van der Waals surface area contributed by atoms with E-state index in [0.717, 1.165) is 16.6 Å². The first kappa shape index (κ1) is 27.0. The molecular formula is C38H28N2O5. The van der Waals surface area contributed by atoms with Gasteiger partial charge >= 0.3 is 0 Å². The number of hydrogen-bond donors (Lipinski definition) is 0. The zero-order valence-electron chi connectivity index (χ0n) is 24.6. The second kappa shape index (κ2) is 9.99. The molecule has 45 heavy (non-hydrogen) atoms. The number of carbonyl (C=O) groups excluding carboxylic acids is 3. The summed E-state index contributed by atoms with van der Waals surface area (Å²) in [7, 11) is 3.07. The number of para-hydroxylation sites is 1. The van der Waals surface area contributed by atoms with E-state index in [1.807, 2.05) is 71.6 Å². The number of aromatic nitrogens is 1. The number of rotatable bonds is 5. The van der Waals surface area contributed by atoms with E-state index in [9.17, 15) is 0 Å². The van der Waals surface area contributed by atoms with E-state index >= 15 is 14.4 Å². The van der Waals surface area contributed by atoms with Gasteiger partial charge in [0.05, 0.1) is 31.5 Å². The summed E-state index contributed by atoms with van der Waals surface area (Å²) in [4.78, 5) is 51.8. The van der Waals surface area contributed by atoms with Crippen LogP contribution in [-0.4, -0.2) is 48.6 Å². The predicted molar refractivity (Wildman–Crippen MR) is 171 cm³/mol. The molecule has 0 saturated carbocycles.